The molecule has 136 valence electrons. The molecular weight excluding hydrogens is 338 g/mol. The molecule has 1 atom stereocenters. The minimum absolute atomic E-state index is 0.0909. The lowest BCUT2D eigenvalue weighted by Gasteiger charge is -2.50. The third-order valence-electron chi connectivity index (χ3n) is 6.16. The van der Waals surface area contributed by atoms with Crippen molar-refractivity contribution >= 4 is 15.7 Å². The number of piperidine rings is 1. The van der Waals surface area contributed by atoms with Crippen molar-refractivity contribution in [1.29, 1.82) is 0 Å². The number of sulfone groups is 1. The van der Waals surface area contributed by atoms with E-state index in [1.165, 1.54) is 19.3 Å². The molecule has 7 heteroatoms. The molecule has 1 spiro atoms. The van der Waals surface area contributed by atoms with E-state index in [4.69, 9.17) is 0 Å². The van der Waals surface area contributed by atoms with Gasteiger partial charge in [-0.1, -0.05) is 6.42 Å². The van der Waals surface area contributed by atoms with Crippen LogP contribution in [-0.2, 0) is 9.84 Å². The van der Waals surface area contributed by atoms with Gasteiger partial charge in [0.1, 0.15) is 4.75 Å². The van der Waals surface area contributed by atoms with E-state index >= 15 is 0 Å². The summed E-state index contributed by atoms with van der Waals surface area (Å²) in [5, 5.41) is 0. The van der Waals surface area contributed by atoms with E-state index in [9.17, 15) is 13.2 Å². The Bertz CT molecular complexity index is 738. The van der Waals surface area contributed by atoms with Gasteiger partial charge < -0.3 is 9.80 Å². The molecule has 1 aromatic heterocycles. The lowest BCUT2D eigenvalue weighted by Crippen LogP contribution is -2.69. The van der Waals surface area contributed by atoms with E-state index in [1.54, 1.807) is 29.4 Å². The summed E-state index contributed by atoms with van der Waals surface area (Å²) < 4.78 is 24.8. The Hall–Kier alpha value is -1.47. The van der Waals surface area contributed by atoms with Gasteiger partial charge in [0.2, 0.25) is 0 Å². The Balaban J connectivity index is 1.48. The molecule has 1 amide bonds. The van der Waals surface area contributed by atoms with E-state index in [0.717, 1.165) is 26.1 Å². The fourth-order valence-electron chi connectivity index (χ4n) is 4.60. The van der Waals surface area contributed by atoms with E-state index in [-0.39, 0.29) is 17.6 Å². The lowest BCUT2D eigenvalue weighted by molar-refractivity contribution is 0.0411. The SMILES string of the molecule is O=C(c1ccncc1)N1CC2(C1)C(CN1CCCCC1)CCS2(=O)=O. The molecule has 0 bridgehead atoms. The number of hydrogen-bond donors (Lipinski definition) is 0. The first kappa shape index (κ1) is 17.0. The minimum Gasteiger partial charge on any atom is -0.335 e. The minimum atomic E-state index is -3.13. The summed E-state index contributed by atoms with van der Waals surface area (Å²) >= 11 is 0. The predicted octanol–water partition coefficient (Wildman–Crippen LogP) is 1.20. The van der Waals surface area contributed by atoms with Gasteiger partial charge in [-0.05, 0) is 50.4 Å². The van der Waals surface area contributed by atoms with Crippen LogP contribution in [0.1, 0.15) is 36.0 Å². The number of carbonyl (C=O) groups excluding carboxylic acids is 1. The zero-order valence-electron chi connectivity index (χ0n) is 14.4. The van der Waals surface area contributed by atoms with Gasteiger partial charge in [-0.25, -0.2) is 8.42 Å². The number of pyridine rings is 1. The summed E-state index contributed by atoms with van der Waals surface area (Å²) in [7, 11) is -3.13. The Morgan fingerprint density at radius 1 is 1.16 bits per heavy atom. The van der Waals surface area contributed by atoms with Gasteiger partial charge in [-0.2, -0.15) is 0 Å². The van der Waals surface area contributed by atoms with Gasteiger partial charge in [-0.3, -0.25) is 9.78 Å². The molecule has 6 nitrogen and oxygen atoms in total. The van der Waals surface area contributed by atoms with Crippen LogP contribution in [0.5, 0.6) is 0 Å². The Morgan fingerprint density at radius 3 is 2.52 bits per heavy atom. The summed E-state index contributed by atoms with van der Waals surface area (Å²) in [6.45, 7) is 3.69. The highest BCUT2D eigenvalue weighted by Crippen LogP contribution is 2.45. The molecule has 4 heterocycles. The van der Waals surface area contributed by atoms with Crippen molar-refractivity contribution in [2.75, 3.05) is 38.5 Å². The van der Waals surface area contributed by atoms with Crippen molar-refractivity contribution in [2.24, 2.45) is 5.92 Å². The topological polar surface area (TPSA) is 70.6 Å². The molecule has 25 heavy (non-hydrogen) atoms. The van der Waals surface area contributed by atoms with E-state index < -0.39 is 14.6 Å². The smallest absolute Gasteiger partial charge is 0.254 e. The largest absolute Gasteiger partial charge is 0.335 e. The van der Waals surface area contributed by atoms with Crippen LogP contribution < -0.4 is 0 Å². The molecule has 3 fully saturated rings. The number of nitrogens with zero attached hydrogens (tertiary/aromatic N) is 3. The number of aromatic nitrogens is 1. The monoisotopic (exact) mass is 363 g/mol. The quantitative estimate of drug-likeness (QED) is 0.807. The fraction of sp³-hybridized carbons (Fsp3) is 0.667. The first-order chi connectivity index (χ1) is 12.0. The zero-order valence-corrected chi connectivity index (χ0v) is 15.2. The van der Waals surface area contributed by atoms with Crippen LogP contribution in [0.3, 0.4) is 0 Å². The third-order valence-corrected chi connectivity index (χ3v) is 8.76. The molecule has 0 saturated carbocycles. The molecule has 0 N–H and O–H groups in total. The highest BCUT2D eigenvalue weighted by molar-refractivity contribution is 7.93. The van der Waals surface area contributed by atoms with Gasteiger partial charge in [-0.15, -0.1) is 0 Å². The molecule has 4 rings (SSSR count). The van der Waals surface area contributed by atoms with Crippen LogP contribution in [0.4, 0.5) is 0 Å². The summed E-state index contributed by atoms with van der Waals surface area (Å²) in [6.07, 6.45) is 7.61. The number of likely N-dealkylation sites (tertiary alicyclic amines) is 2. The number of carbonyl (C=O) groups is 1. The molecule has 1 aromatic rings. The maximum Gasteiger partial charge on any atom is 0.254 e. The van der Waals surface area contributed by atoms with Crippen molar-refractivity contribution < 1.29 is 13.2 Å². The molecular formula is C18H25N3O3S. The summed E-state index contributed by atoms with van der Waals surface area (Å²) in [5.41, 5.74) is 0.577. The fourth-order valence-corrected chi connectivity index (χ4v) is 7.01. The number of amides is 1. The van der Waals surface area contributed by atoms with Crippen LogP contribution in [0.2, 0.25) is 0 Å². The molecule has 3 aliphatic heterocycles. The predicted molar refractivity (Wildman–Crippen MR) is 95.1 cm³/mol. The number of hydrogen-bond acceptors (Lipinski definition) is 5. The van der Waals surface area contributed by atoms with Crippen molar-refractivity contribution in [1.82, 2.24) is 14.8 Å². The van der Waals surface area contributed by atoms with Crippen molar-refractivity contribution in [3.8, 4) is 0 Å². The average Bonchev–Trinajstić information content (AvgIpc) is 2.85. The van der Waals surface area contributed by atoms with Crippen LogP contribution >= 0.6 is 0 Å². The van der Waals surface area contributed by atoms with Gasteiger partial charge in [0.25, 0.3) is 5.91 Å². The second kappa shape index (κ2) is 6.36. The molecule has 3 aliphatic rings. The van der Waals surface area contributed by atoms with Gasteiger partial charge >= 0.3 is 0 Å². The molecule has 3 saturated heterocycles. The Labute approximate surface area is 149 Å². The Kier molecular flexibility index (Phi) is 4.32. The summed E-state index contributed by atoms with van der Waals surface area (Å²) in [4.78, 5) is 20.6. The van der Waals surface area contributed by atoms with Crippen molar-refractivity contribution in [3.05, 3.63) is 30.1 Å². The average molecular weight is 363 g/mol. The highest BCUT2D eigenvalue weighted by atomic mass is 32.2. The van der Waals surface area contributed by atoms with Gasteiger partial charge in [0.15, 0.2) is 9.84 Å². The van der Waals surface area contributed by atoms with E-state index in [2.05, 4.69) is 9.88 Å². The molecule has 0 aliphatic carbocycles. The van der Waals surface area contributed by atoms with Crippen molar-refractivity contribution in [3.63, 3.8) is 0 Å². The standard InChI is InChI=1S/C18H25N3O3S/c22-17(15-4-7-19-8-5-15)21-13-18(14-21)16(6-11-25(18,23)24)12-20-9-2-1-3-10-20/h4-5,7-8,16H,1-3,6,9-14H2. The maximum atomic E-state index is 12.8. The van der Waals surface area contributed by atoms with Crippen LogP contribution in [-0.4, -0.2) is 72.3 Å². The van der Waals surface area contributed by atoms with E-state index in [0.29, 0.717) is 18.7 Å². The Morgan fingerprint density at radius 2 is 1.84 bits per heavy atom. The molecule has 1 unspecified atom stereocenters. The van der Waals surface area contributed by atoms with Crippen LogP contribution in [0.25, 0.3) is 0 Å². The van der Waals surface area contributed by atoms with E-state index in [1.807, 2.05) is 0 Å². The second-order valence-corrected chi connectivity index (χ2v) is 10.1. The van der Waals surface area contributed by atoms with Gasteiger partial charge in [0, 0.05) is 37.6 Å². The zero-order chi connectivity index (χ0) is 17.5. The summed E-state index contributed by atoms with van der Waals surface area (Å²) in [5.74, 6) is 0.326. The lowest BCUT2D eigenvalue weighted by atomic mass is 9.82. The first-order valence-corrected chi connectivity index (χ1v) is 10.8. The van der Waals surface area contributed by atoms with Crippen molar-refractivity contribution in [2.45, 2.75) is 30.4 Å². The number of rotatable bonds is 3. The summed E-state index contributed by atoms with van der Waals surface area (Å²) in [6, 6.07) is 3.36. The van der Waals surface area contributed by atoms with Crippen LogP contribution in [0.15, 0.2) is 24.5 Å². The third kappa shape index (κ3) is 2.87. The normalized spacial score (nSPS) is 28.0. The molecule has 0 aromatic carbocycles. The second-order valence-electron chi connectivity index (χ2n) is 7.63. The molecule has 0 radical (unpaired) electrons. The highest BCUT2D eigenvalue weighted by Gasteiger charge is 2.62. The van der Waals surface area contributed by atoms with Crippen LogP contribution in [0, 0.1) is 5.92 Å². The first-order valence-electron chi connectivity index (χ1n) is 9.16. The maximum absolute atomic E-state index is 12.8. The van der Waals surface area contributed by atoms with Gasteiger partial charge in [0.05, 0.1) is 5.75 Å².